The Morgan fingerprint density at radius 3 is 2.84 bits per heavy atom. The average Bonchev–Trinajstić information content (AvgIpc) is 2.40. The molecule has 19 heavy (non-hydrogen) atoms. The Morgan fingerprint density at radius 1 is 1.32 bits per heavy atom. The van der Waals surface area contributed by atoms with Crippen molar-refractivity contribution >= 4 is 22.9 Å². The molecule has 1 aromatic heterocycles. The Balaban J connectivity index is 2.19. The van der Waals surface area contributed by atoms with Crippen LogP contribution in [0.1, 0.15) is 11.3 Å². The molecular weight excluding hydrogens is 268 g/mol. The van der Waals surface area contributed by atoms with E-state index in [1.54, 1.807) is 18.3 Å². The van der Waals surface area contributed by atoms with Crippen molar-refractivity contribution in [1.82, 2.24) is 4.98 Å². The Labute approximate surface area is 114 Å². The predicted octanol–water partition coefficient (Wildman–Crippen LogP) is 2.61. The van der Waals surface area contributed by atoms with Crippen LogP contribution in [0.15, 0.2) is 36.5 Å². The fraction of sp³-hybridized carbons (Fsp3) is 0.0769. The number of hydrogen-bond donors (Lipinski definition) is 2. The molecule has 0 radical (unpaired) electrons. The molecule has 2 aromatic rings. The summed E-state index contributed by atoms with van der Waals surface area (Å²) in [5.41, 5.74) is 6.76. The number of aromatic nitrogens is 1. The van der Waals surface area contributed by atoms with Crippen LogP contribution in [0.2, 0.25) is 0 Å². The molecule has 98 valence electrons. The summed E-state index contributed by atoms with van der Waals surface area (Å²) in [5, 5.41) is 2.94. The summed E-state index contributed by atoms with van der Waals surface area (Å²) in [7, 11) is 0. The van der Waals surface area contributed by atoms with Crippen molar-refractivity contribution in [2.75, 3.05) is 5.32 Å². The predicted molar refractivity (Wildman–Crippen MR) is 73.8 cm³/mol. The third-order valence-electron chi connectivity index (χ3n) is 2.52. The van der Waals surface area contributed by atoms with Crippen LogP contribution < -0.4 is 11.1 Å². The van der Waals surface area contributed by atoms with Gasteiger partial charge in [0.2, 0.25) is 0 Å². The third-order valence-corrected chi connectivity index (χ3v) is 2.71. The van der Waals surface area contributed by atoms with Crippen molar-refractivity contribution < 1.29 is 8.78 Å². The van der Waals surface area contributed by atoms with Crippen LogP contribution in [0.5, 0.6) is 0 Å². The Morgan fingerprint density at radius 2 is 2.11 bits per heavy atom. The molecular formula is C13H11F2N3S. The Kier molecular flexibility index (Phi) is 4.01. The van der Waals surface area contributed by atoms with E-state index in [-0.39, 0.29) is 17.1 Å². The zero-order chi connectivity index (χ0) is 13.8. The zero-order valence-corrected chi connectivity index (χ0v) is 10.7. The van der Waals surface area contributed by atoms with E-state index in [1.165, 1.54) is 0 Å². The molecule has 1 heterocycles. The highest BCUT2D eigenvalue weighted by molar-refractivity contribution is 7.80. The molecule has 2 rings (SSSR count). The first kappa shape index (κ1) is 13.4. The number of benzene rings is 1. The van der Waals surface area contributed by atoms with Crippen LogP contribution in [0, 0.1) is 11.6 Å². The van der Waals surface area contributed by atoms with Crippen molar-refractivity contribution in [3.63, 3.8) is 0 Å². The van der Waals surface area contributed by atoms with Crippen molar-refractivity contribution in [2.24, 2.45) is 5.73 Å². The highest BCUT2D eigenvalue weighted by Gasteiger charge is 2.08. The zero-order valence-electron chi connectivity index (χ0n) is 9.86. The summed E-state index contributed by atoms with van der Waals surface area (Å²) in [5.74, 6) is -0.964. The minimum absolute atomic E-state index is 0.116. The highest BCUT2D eigenvalue weighted by atomic mass is 32.1. The lowest BCUT2D eigenvalue weighted by Crippen LogP contribution is -2.15. The van der Waals surface area contributed by atoms with Gasteiger partial charge >= 0.3 is 0 Å². The largest absolute Gasteiger partial charge is 0.388 e. The summed E-state index contributed by atoms with van der Waals surface area (Å²) < 4.78 is 26.5. The molecule has 6 heteroatoms. The Hall–Kier alpha value is -2.08. The van der Waals surface area contributed by atoms with Crippen LogP contribution >= 0.6 is 12.2 Å². The topological polar surface area (TPSA) is 50.9 Å². The number of hydrogen-bond acceptors (Lipinski definition) is 3. The molecule has 0 saturated carbocycles. The fourth-order valence-corrected chi connectivity index (χ4v) is 1.78. The summed E-state index contributed by atoms with van der Waals surface area (Å²) >= 11 is 4.87. The minimum Gasteiger partial charge on any atom is -0.388 e. The quantitative estimate of drug-likeness (QED) is 0.845. The number of nitrogens with one attached hydrogen (secondary N) is 1. The Bertz CT molecular complexity index is 617. The number of rotatable bonds is 4. The van der Waals surface area contributed by atoms with Gasteiger partial charge in [0.15, 0.2) is 0 Å². The summed E-state index contributed by atoms with van der Waals surface area (Å²) in [6.45, 7) is 0.116. The lowest BCUT2D eigenvalue weighted by atomic mass is 10.2. The van der Waals surface area contributed by atoms with Gasteiger partial charge in [0, 0.05) is 18.3 Å². The highest BCUT2D eigenvalue weighted by Crippen LogP contribution is 2.15. The normalized spacial score (nSPS) is 10.2. The van der Waals surface area contributed by atoms with Gasteiger partial charge in [0.05, 0.1) is 5.69 Å². The molecule has 3 nitrogen and oxygen atoms in total. The molecule has 0 bridgehead atoms. The van der Waals surface area contributed by atoms with Crippen molar-refractivity contribution in [3.05, 3.63) is 59.4 Å². The monoisotopic (exact) mass is 279 g/mol. The molecule has 0 aliphatic heterocycles. The number of pyridine rings is 1. The van der Waals surface area contributed by atoms with E-state index in [0.717, 1.165) is 18.2 Å². The number of nitrogens with zero attached hydrogens (tertiary/aromatic N) is 1. The molecule has 0 saturated heterocycles. The van der Waals surface area contributed by atoms with Crippen molar-refractivity contribution in [1.29, 1.82) is 0 Å². The molecule has 0 aliphatic carbocycles. The van der Waals surface area contributed by atoms with E-state index in [9.17, 15) is 8.78 Å². The summed E-state index contributed by atoms with van der Waals surface area (Å²) in [6, 6.07) is 6.72. The van der Waals surface area contributed by atoms with Gasteiger partial charge in [-0.2, -0.15) is 0 Å². The van der Waals surface area contributed by atoms with Crippen LogP contribution in [-0.2, 0) is 6.54 Å². The minimum atomic E-state index is -0.487. The first-order valence-electron chi connectivity index (χ1n) is 5.50. The first-order valence-corrected chi connectivity index (χ1v) is 5.91. The van der Waals surface area contributed by atoms with Gasteiger partial charge < -0.3 is 11.1 Å². The molecule has 1 aromatic carbocycles. The maximum Gasteiger partial charge on any atom is 0.128 e. The lowest BCUT2D eigenvalue weighted by molar-refractivity contribution is 0.587. The number of nitrogens with two attached hydrogens (primary N) is 1. The van der Waals surface area contributed by atoms with Crippen LogP contribution in [0.25, 0.3) is 0 Å². The van der Waals surface area contributed by atoms with Crippen LogP contribution in [-0.4, -0.2) is 9.97 Å². The molecule has 0 unspecified atom stereocenters. The lowest BCUT2D eigenvalue weighted by Gasteiger charge is -2.10. The molecule has 0 spiro atoms. The van der Waals surface area contributed by atoms with Gasteiger partial charge in [-0.1, -0.05) is 12.2 Å². The number of anilines is 1. The van der Waals surface area contributed by atoms with E-state index in [4.69, 9.17) is 18.0 Å². The molecule has 0 fully saturated rings. The van der Waals surface area contributed by atoms with Crippen molar-refractivity contribution in [3.8, 4) is 0 Å². The molecule has 3 N–H and O–H groups in total. The maximum atomic E-state index is 13.5. The van der Waals surface area contributed by atoms with E-state index in [0.29, 0.717) is 11.4 Å². The van der Waals surface area contributed by atoms with Gasteiger partial charge in [0.1, 0.15) is 22.3 Å². The summed E-state index contributed by atoms with van der Waals surface area (Å²) in [6.07, 6.45) is 1.56. The number of thiocarbonyl (C=S) groups is 1. The van der Waals surface area contributed by atoms with Gasteiger partial charge in [-0.15, -0.1) is 0 Å². The van der Waals surface area contributed by atoms with Crippen LogP contribution in [0.4, 0.5) is 14.5 Å². The van der Waals surface area contributed by atoms with Gasteiger partial charge in [-0.3, -0.25) is 4.98 Å². The second-order valence-corrected chi connectivity index (χ2v) is 4.29. The third kappa shape index (κ3) is 3.23. The number of halogens is 2. The van der Waals surface area contributed by atoms with Gasteiger partial charge in [-0.05, 0) is 30.3 Å². The van der Waals surface area contributed by atoms with E-state index in [1.807, 2.05) is 0 Å². The molecule has 0 amide bonds. The molecule has 0 aliphatic rings. The van der Waals surface area contributed by atoms with E-state index >= 15 is 0 Å². The van der Waals surface area contributed by atoms with E-state index < -0.39 is 11.6 Å². The van der Waals surface area contributed by atoms with Crippen molar-refractivity contribution in [2.45, 2.75) is 6.54 Å². The molecule has 0 atom stereocenters. The SMILES string of the molecule is NC(=S)c1ncccc1NCc1cc(F)ccc1F. The smallest absolute Gasteiger partial charge is 0.128 e. The van der Waals surface area contributed by atoms with E-state index in [2.05, 4.69) is 10.3 Å². The van der Waals surface area contributed by atoms with Gasteiger partial charge in [-0.25, -0.2) is 8.78 Å². The fourth-order valence-electron chi connectivity index (χ4n) is 1.61. The van der Waals surface area contributed by atoms with Crippen LogP contribution in [0.3, 0.4) is 0 Å². The second-order valence-electron chi connectivity index (χ2n) is 3.85. The maximum absolute atomic E-state index is 13.5. The standard InChI is InChI=1S/C13H11F2N3S/c14-9-3-4-10(15)8(6-9)7-18-11-2-1-5-17-12(11)13(16)19/h1-6,18H,7H2,(H2,16,19). The van der Waals surface area contributed by atoms with Gasteiger partial charge in [0.25, 0.3) is 0 Å². The first-order chi connectivity index (χ1) is 9.08. The summed E-state index contributed by atoms with van der Waals surface area (Å²) in [4.78, 5) is 4.18. The second kappa shape index (κ2) is 5.71. The average molecular weight is 279 g/mol.